The molecule has 1 heterocycles. The van der Waals surface area contributed by atoms with Crippen LogP contribution in [-0.2, 0) is 10.0 Å². The van der Waals surface area contributed by atoms with Crippen LogP contribution in [0.5, 0.6) is 0 Å². The molecule has 0 radical (unpaired) electrons. The molecule has 1 N–H and O–H groups in total. The molecule has 0 saturated heterocycles. The van der Waals surface area contributed by atoms with Gasteiger partial charge in [0.1, 0.15) is 10.0 Å². The van der Waals surface area contributed by atoms with E-state index in [1.165, 1.54) is 29.3 Å². The van der Waals surface area contributed by atoms with Gasteiger partial charge in [-0.25, -0.2) is 13.4 Å². The number of aromatic nitrogens is 1. The molecule has 1 aromatic heterocycles. The lowest BCUT2D eigenvalue weighted by atomic mass is 10.2. The predicted molar refractivity (Wildman–Crippen MR) is 84.5 cm³/mol. The summed E-state index contributed by atoms with van der Waals surface area (Å²) >= 11 is 5.81. The van der Waals surface area contributed by atoms with Gasteiger partial charge in [0.15, 0.2) is 0 Å². The zero-order valence-electron chi connectivity index (χ0n) is 11.9. The van der Waals surface area contributed by atoms with Crippen molar-refractivity contribution in [1.29, 1.82) is 0 Å². The molecule has 1 aromatic carbocycles. The van der Waals surface area contributed by atoms with Crippen molar-refractivity contribution in [3.63, 3.8) is 0 Å². The number of amides is 1. The Hall–Kier alpha value is -2.12. The lowest BCUT2D eigenvalue weighted by molar-refractivity contribution is 0.0827. The highest BCUT2D eigenvalue weighted by molar-refractivity contribution is 7.92. The Morgan fingerprint density at radius 2 is 1.95 bits per heavy atom. The van der Waals surface area contributed by atoms with Gasteiger partial charge < -0.3 is 4.90 Å². The Morgan fingerprint density at radius 3 is 2.59 bits per heavy atom. The first kappa shape index (κ1) is 16.3. The summed E-state index contributed by atoms with van der Waals surface area (Å²) in [5.41, 5.74) is 0.648. The molecule has 0 bridgehead atoms. The fraction of sp³-hybridized carbons (Fsp3) is 0.143. The summed E-state index contributed by atoms with van der Waals surface area (Å²) in [4.78, 5) is 16.9. The summed E-state index contributed by atoms with van der Waals surface area (Å²) in [7, 11) is -0.637. The van der Waals surface area contributed by atoms with E-state index in [2.05, 4.69) is 9.71 Å². The second-order valence-corrected chi connectivity index (χ2v) is 6.69. The zero-order chi connectivity index (χ0) is 16.3. The second-order valence-electron chi connectivity index (χ2n) is 4.68. The number of carbonyl (C=O) groups is 1. The molecule has 0 fully saturated rings. The average molecular weight is 340 g/mol. The fourth-order valence-electron chi connectivity index (χ4n) is 1.76. The molecule has 8 heteroatoms. The summed E-state index contributed by atoms with van der Waals surface area (Å²) in [5.74, 6) is -0.222. The highest BCUT2D eigenvalue weighted by Gasteiger charge is 2.19. The van der Waals surface area contributed by atoms with Gasteiger partial charge >= 0.3 is 0 Å². The summed E-state index contributed by atoms with van der Waals surface area (Å²) < 4.78 is 27.0. The third-order valence-corrected chi connectivity index (χ3v) is 4.61. The molecule has 116 valence electrons. The van der Waals surface area contributed by atoms with Gasteiger partial charge in [0.2, 0.25) is 0 Å². The lowest BCUT2D eigenvalue weighted by Crippen LogP contribution is -2.22. The van der Waals surface area contributed by atoms with Crippen molar-refractivity contribution in [3.8, 4) is 0 Å². The highest BCUT2D eigenvalue weighted by Crippen LogP contribution is 2.22. The molecular weight excluding hydrogens is 326 g/mol. The molecule has 0 saturated carbocycles. The van der Waals surface area contributed by atoms with Crippen LogP contribution in [0.1, 0.15) is 10.4 Å². The van der Waals surface area contributed by atoms with Gasteiger partial charge in [-0.15, -0.1) is 0 Å². The van der Waals surface area contributed by atoms with E-state index in [0.29, 0.717) is 5.56 Å². The van der Waals surface area contributed by atoms with E-state index in [0.717, 1.165) is 0 Å². The van der Waals surface area contributed by atoms with E-state index in [9.17, 15) is 13.2 Å². The van der Waals surface area contributed by atoms with Crippen LogP contribution in [-0.4, -0.2) is 38.3 Å². The van der Waals surface area contributed by atoms with E-state index < -0.39 is 10.0 Å². The fourth-order valence-corrected chi connectivity index (χ4v) is 3.26. The number of halogens is 1. The number of rotatable bonds is 4. The normalized spacial score (nSPS) is 11.0. The van der Waals surface area contributed by atoms with E-state index in [-0.39, 0.29) is 21.6 Å². The largest absolute Gasteiger partial charge is 0.345 e. The van der Waals surface area contributed by atoms with Gasteiger partial charge in [0, 0.05) is 31.5 Å². The molecule has 0 spiro atoms. The highest BCUT2D eigenvalue weighted by atomic mass is 35.5. The Bertz CT molecular complexity index is 806. The molecule has 2 rings (SSSR count). The minimum Gasteiger partial charge on any atom is -0.345 e. The van der Waals surface area contributed by atoms with Gasteiger partial charge in [0.25, 0.3) is 15.9 Å². The average Bonchev–Trinajstić information content (AvgIpc) is 2.46. The third-order valence-electron chi connectivity index (χ3n) is 2.78. The standard InChI is InChI=1S/C14H14ClN3O3S/c1-18(2)14(19)10-5-3-6-11(9-10)17-22(20,21)12-7-4-8-16-13(12)15/h3-9,17H,1-2H3. The number of carbonyl (C=O) groups excluding carboxylic acids is 1. The van der Waals surface area contributed by atoms with Crippen LogP contribution >= 0.6 is 11.6 Å². The molecular formula is C14H14ClN3O3S. The number of pyridine rings is 1. The van der Waals surface area contributed by atoms with Crippen molar-refractivity contribution in [1.82, 2.24) is 9.88 Å². The van der Waals surface area contributed by atoms with Crippen LogP contribution in [0.15, 0.2) is 47.5 Å². The minimum atomic E-state index is -3.88. The maximum atomic E-state index is 12.3. The minimum absolute atomic E-state index is 0.115. The van der Waals surface area contributed by atoms with Gasteiger partial charge in [0.05, 0.1) is 0 Å². The number of hydrogen-bond donors (Lipinski definition) is 1. The van der Waals surface area contributed by atoms with Crippen molar-refractivity contribution in [2.24, 2.45) is 0 Å². The van der Waals surface area contributed by atoms with Crippen LogP contribution in [0.2, 0.25) is 5.15 Å². The molecule has 22 heavy (non-hydrogen) atoms. The zero-order valence-corrected chi connectivity index (χ0v) is 13.5. The molecule has 6 nitrogen and oxygen atoms in total. The SMILES string of the molecule is CN(C)C(=O)c1cccc(NS(=O)(=O)c2cccnc2Cl)c1. The first-order valence-electron chi connectivity index (χ1n) is 6.26. The molecule has 2 aromatic rings. The summed E-state index contributed by atoms with van der Waals surface area (Å²) in [6.45, 7) is 0. The maximum absolute atomic E-state index is 12.3. The number of nitrogens with one attached hydrogen (secondary N) is 1. The Balaban J connectivity index is 2.33. The van der Waals surface area contributed by atoms with Gasteiger partial charge in [-0.1, -0.05) is 17.7 Å². The summed E-state index contributed by atoms with van der Waals surface area (Å²) in [6.07, 6.45) is 1.40. The first-order chi connectivity index (χ1) is 10.3. The molecule has 0 aliphatic rings. The third kappa shape index (κ3) is 3.55. The maximum Gasteiger partial charge on any atom is 0.264 e. The van der Waals surface area contributed by atoms with Crippen LogP contribution < -0.4 is 4.72 Å². The van der Waals surface area contributed by atoms with Crippen molar-refractivity contribution < 1.29 is 13.2 Å². The van der Waals surface area contributed by atoms with Gasteiger partial charge in [-0.05, 0) is 30.3 Å². The Kier molecular flexibility index (Phi) is 4.68. The van der Waals surface area contributed by atoms with Crippen molar-refractivity contribution >= 4 is 33.2 Å². The number of benzene rings is 1. The molecule has 0 aliphatic heterocycles. The van der Waals surface area contributed by atoms with Crippen molar-refractivity contribution in [2.75, 3.05) is 18.8 Å². The number of nitrogens with zero attached hydrogens (tertiary/aromatic N) is 2. The number of anilines is 1. The van der Waals surface area contributed by atoms with Crippen LogP contribution in [0, 0.1) is 0 Å². The van der Waals surface area contributed by atoms with Crippen molar-refractivity contribution in [3.05, 3.63) is 53.3 Å². The van der Waals surface area contributed by atoms with E-state index >= 15 is 0 Å². The van der Waals surface area contributed by atoms with Crippen molar-refractivity contribution in [2.45, 2.75) is 4.90 Å². The number of hydrogen-bond acceptors (Lipinski definition) is 4. The molecule has 1 amide bonds. The lowest BCUT2D eigenvalue weighted by Gasteiger charge is -2.12. The first-order valence-corrected chi connectivity index (χ1v) is 8.12. The Labute approximate surface area is 133 Å². The molecule has 0 atom stereocenters. The molecule has 0 aliphatic carbocycles. The second kappa shape index (κ2) is 6.33. The Morgan fingerprint density at radius 1 is 1.23 bits per heavy atom. The predicted octanol–water partition coefficient (Wildman–Crippen LogP) is 2.24. The van der Waals surface area contributed by atoms with E-state index in [4.69, 9.17) is 11.6 Å². The summed E-state index contributed by atoms with van der Waals surface area (Å²) in [6, 6.07) is 9.05. The number of sulfonamides is 1. The van der Waals surface area contributed by atoms with E-state index in [1.54, 1.807) is 32.3 Å². The van der Waals surface area contributed by atoms with E-state index in [1.807, 2.05) is 0 Å². The van der Waals surface area contributed by atoms with Crippen LogP contribution in [0.3, 0.4) is 0 Å². The quantitative estimate of drug-likeness (QED) is 0.866. The summed E-state index contributed by atoms with van der Waals surface area (Å²) in [5, 5.41) is -0.115. The smallest absolute Gasteiger partial charge is 0.264 e. The van der Waals surface area contributed by atoms with Gasteiger partial charge in [-0.3, -0.25) is 9.52 Å². The molecule has 0 unspecified atom stereocenters. The van der Waals surface area contributed by atoms with Gasteiger partial charge in [-0.2, -0.15) is 0 Å². The van der Waals surface area contributed by atoms with Crippen LogP contribution in [0.25, 0.3) is 0 Å². The topological polar surface area (TPSA) is 79.4 Å². The monoisotopic (exact) mass is 339 g/mol. The van der Waals surface area contributed by atoms with Crippen LogP contribution in [0.4, 0.5) is 5.69 Å².